The van der Waals surface area contributed by atoms with Crippen molar-refractivity contribution >= 4 is 12.0 Å². The van der Waals surface area contributed by atoms with Crippen molar-refractivity contribution in [3.63, 3.8) is 0 Å². The van der Waals surface area contributed by atoms with E-state index in [2.05, 4.69) is 0 Å². The molecule has 0 aliphatic heterocycles. The molecule has 1 aromatic rings. The Morgan fingerprint density at radius 3 is 2.92 bits per heavy atom. The molecule has 0 saturated carbocycles. The molecular weight excluding hydrogens is 166 g/mol. The molecule has 1 rings (SSSR count). The van der Waals surface area contributed by atoms with Crippen molar-refractivity contribution < 1.29 is 10.0 Å². The Hall–Kier alpha value is -1.61. The average Bonchev–Trinajstić information content (AvgIpc) is 2.14. The van der Waals surface area contributed by atoms with Gasteiger partial charge >= 0.3 is 0 Å². The highest BCUT2D eigenvalue weighted by atomic mass is 16.5. The van der Waals surface area contributed by atoms with Crippen LogP contribution in [-0.2, 0) is 4.79 Å². The van der Waals surface area contributed by atoms with Crippen molar-refractivity contribution in [2.75, 3.05) is 0 Å². The number of benzene rings is 1. The number of aryl methyl sites for hydroxylation is 1. The Labute approximate surface area is 76.7 Å². The maximum atomic E-state index is 10.6. The summed E-state index contributed by atoms with van der Waals surface area (Å²) in [5, 5.41) is 8.22. The first-order valence-corrected chi connectivity index (χ1v) is 3.91. The summed E-state index contributed by atoms with van der Waals surface area (Å²) < 4.78 is 0. The third kappa shape index (κ3) is 3.09. The van der Waals surface area contributed by atoms with Crippen LogP contribution in [0.15, 0.2) is 30.3 Å². The number of nitrogens with one attached hydrogen (secondary N) is 1. The molecule has 0 aliphatic rings. The van der Waals surface area contributed by atoms with E-state index in [-0.39, 0.29) is 0 Å². The lowest BCUT2D eigenvalue weighted by atomic mass is 10.1. The first-order chi connectivity index (χ1) is 6.22. The quantitative estimate of drug-likeness (QED) is 0.408. The number of carbonyl (C=O) groups excluding carboxylic acids is 1. The molecule has 2 N–H and O–H groups in total. The molecule has 1 amide bonds. The molecule has 3 heteroatoms. The zero-order chi connectivity index (χ0) is 9.68. The molecule has 0 aliphatic carbocycles. The Balaban J connectivity index is 2.74. The van der Waals surface area contributed by atoms with Crippen LogP contribution < -0.4 is 5.48 Å². The van der Waals surface area contributed by atoms with E-state index in [4.69, 9.17) is 5.21 Å². The number of amides is 1. The van der Waals surface area contributed by atoms with Gasteiger partial charge in [0.05, 0.1) is 0 Å². The molecule has 0 bridgehead atoms. The summed E-state index contributed by atoms with van der Waals surface area (Å²) in [4.78, 5) is 10.6. The first kappa shape index (κ1) is 9.48. The zero-order valence-electron chi connectivity index (χ0n) is 7.32. The van der Waals surface area contributed by atoms with Gasteiger partial charge in [-0.15, -0.1) is 0 Å². The first-order valence-electron chi connectivity index (χ1n) is 3.91. The van der Waals surface area contributed by atoms with Crippen molar-refractivity contribution in [2.24, 2.45) is 0 Å². The Morgan fingerprint density at radius 1 is 1.54 bits per heavy atom. The van der Waals surface area contributed by atoms with Gasteiger partial charge in [-0.1, -0.05) is 29.8 Å². The lowest BCUT2D eigenvalue weighted by molar-refractivity contribution is -0.124. The predicted molar refractivity (Wildman–Crippen MR) is 50.1 cm³/mol. The van der Waals surface area contributed by atoms with E-state index in [1.54, 1.807) is 6.08 Å². The van der Waals surface area contributed by atoms with Crippen LogP contribution in [0.25, 0.3) is 6.08 Å². The fraction of sp³-hybridized carbons (Fsp3) is 0.100. The Bertz CT molecular complexity index is 331. The van der Waals surface area contributed by atoms with Gasteiger partial charge in [0.2, 0.25) is 0 Å². The van der Waals surface area contributed by atoms with Crippen LogP contribution >= 0.6 is 0 Å². The van der Waals surface area contributed by atoms with Crippen molar-refractivity contribution in [1.29, 1.82) is 0 Å². The molecule has 0 saturated heterocycles. The predicted octanol–water partition coefficient (Wildman–Crippen LogP) is 1.51. The Kier molecular flexibility index (Phi) is 3.23. The summed E-state index contributed by atoms with van der Waals surface area (Å²) >= 11 is 0. The fourth-order valence-corrected chi connectivity index (χ4v) is 0.983. The minimum Gasteiger partial charge on any atom is -0.288 e. The Morgan fingerprint density at radius 2 is 2.31 bits per heavy atom. The summed E-state index contributed by atoms with van der Waals surface area (Å²) in [5.41, 5.74) is 3.59. The number of rotatable bonds is 2. The van der Waals surface area contributed by atoms with Gasteiger partial charge in [0.15, 0.2) is 0 Å². The van der Waals surface area contributed by atoms with E-state index in [0.717, 1.165) is 11.1 Å². The summed E-state index contributed by atoms with van der Waals surface area (Å²) in [6.07, 6.45) is 2.91. The fourth-order valence-electron chi connectivity index (χ4n) is 0.983. The summed E-state index contributed by atoms with van der Waals surface area (Å²) in [5.74, 6) is -0.526. The van der Waals surface area contributed by atoms with E-state index in [9.17, 15) is 4.79 Å². The molecule has 0 heterocycles. The molecule has 0 unspecified atom stereocenters. The molecule has 68 valence electrons. The van der Waals surface area contributed by atoms with Crippen molar-refractivity contribution in [1.82, 2.24) is 5.48 Å². The third-order valence-electron chi connectivity index (χ3n) is 1.58. The SMILES string of the molecule is Cc1cccc(C=CC(=O)NO)c1. The molecule has 0 fully saturated rings. The highest BCUT2D eigenvalue weighted by Gasteiger charge is 1.90. The van der Waals surface area contributed by atoms with Crippen LogP contribution in [0.3, 0.4) is 0 Å². The van der Waals surface area contributed by atoms with Gasteiger partial charge in [-0.05, 0) is 18.6 Å². The second-order valence-electron chi connectivity index (χ2n) is 2.72. The van der Waals surface area contributed by atoms with Crippen LogP contribution in [0.2, 0.25) is 0 Å². The summed E-state index contributed by atoms with van der Waals surface area (Å²) in [6.45, 7) is 1.98. The molecule has 13 heavy (non-hydrogen) atoms. The smallest absolute Gasteiger partial charge is 0.267 e. The van der Waals surface area contributed by atoms with E-state index in [1.165, 1.54) is 11.6 Å². The number of hydroxylamine groups is 1. The lowest BCUT2D eigenvalue weighted by Gasteiger charge is -1.94. The molecule has 0 atom stereocenters. The lowest BCUT2D eigenvalue weighted by Crippen LogP contribution is -2.14. The number of hydrogen-bond acceptors (Lipinski definition) is 2. The maximum absolute atomic E-state index is 10.6. The van der Waals surface area contributed by atoms with Gasteiger partial charge in [0.1, 0.15) is 0 Å². The van der Waals surface area contributed by atoms with Crippen molar-refractivity contribution in [2.45, 2.75) is 6.92 Å². The van der Waals surface area contributed by atoms with Crippen molar-refractivity contribution in [3.05, 3.63) is 41.5 Å². The van der Waals surface area contributed by atoms with E-state index >= 15 is 0 Å². The summed E-state index contributed by atoms with van der Waals surface area (Å²) in [7, 11) is 0. The monoisotopic (exact) mass is 177 g/mol. The largest absolute Gasteiger partial charge is 0.288 e. The standard InChI is InChI=1S/C10H11NO2/c1-8-3-2-4-9(7-8)5-6-10(12)11-13/h2-7,13H,1H3,(H,11,12). The van der Waals surface area contributed by atoms with Gasteiger partial charge < -0.3 is 0 Å². The third-order valence-corrected chi connectivity index (χ3v) is 1.58. The van der Waals surface area contributed by atoms with Gasteiger partial charge in [-0.2, -0.15) is 0 Å². The molecule has 1 aromatic carbocycles. The van der Waals surface area contributed by atoms with E-state index < -0.39 is 5.91 Å². The van der Waals surface area contributed by atoms with E-state index in [1.807, 2.05) is 31.2 Å². The molecule has 0 radical (unpaired) electrons. The van der Waals surface area contributed by atoms with Crippen LogP contribution in [0.1, 0.15) is 11.1 Å². The number of carbonyl (C=O) groups is 1. The minimum atomic E-state index is -0.526. The van der Waals surface area contributed by atoms with E-state index in [0.29, 0.717) is 0 Å². The zero-order valence-corrected chi connectivity index (χ0v) is 7.32. The van der Waals surface area contributed by atoms with Crippen molar-refractivity contribution in [3.8, 4) is 0 Å². The topological polar surface area (TPSA) is 49.3 Å². The molecule has 0 aromatic heterocycles. The highest BCUT2D eigenvalue weighted by Crippen LogP contribution is 2.05. The molecule has 0 spiro atoms. The molecular formula is C10H11NO2. The van der Waals surface area contributed by atoms with Crippen LogP contribution in [0.5, 0.6) is 0 Å². The van der Waals surface area contributed by atoms with Crippen LogP contribution in [0.4, 0.5) is 0 Å². The normalized spacial score (nSPS) is 10.3. The number of hydrogen-bond donors (Lipinski definition) is 2. The second-order valence-corrected chi connectivity index (χ2v) is 2.72. The highest BCUT2D eigenvalue weighted by molar-refractivity contribution is 5.90. The van der Waals surface area contributed by atoms with Gasteiger partial charge in [-0.3, -0.25) is 10.0 Å². The maximum Gasteiger partial charge on any atom is 0.267 e. The van der Waals surface area contributed by atoms with Gasteiger partial charge in [-0.25, -0.2) is 5.48 Å². The molecule has 3 nitrogen and oxygen atoms in total. The van der Waals surface area contributed by atoms with Gasteiger partial charge in [0.25, 0.3) is 5.91 Å². The second kappa shape index (κ2) is 4.42. The van der Waals surface area contributed by atoms with Gasteiger partial charge in [0, 0.05) is 6.08 Å². The van der Waals surface area contributed by atoms with Crippen LogP contribution in [0, 0.1) is 6.92 Å². The summed E-state index contributed by atoms with van der Waals surface area (Å²) in [6, 6.07) is 7.71. The minimum absolute atomic E-state index is 0.526. The average molecular weight is 177 g/mol. The van der Waals surface area contributed by atoms with Crippen LogP contribution in [-0.4, -0.2) is 11.1 Å².